The first-order valence-corrected chi connectivity index (χ1v) is 6.35. The number of para-hydroxylation sites is 1. The van der Waals surface area contributed by atoms with Gasteiger partial charge in [-0.05, 0) is 24.5 Å². The Morgan fingerprint density at radius 3 is 2.70 bits per heavy atom. The van der Waals surface area contributed by atoms with Crippen LogP contribution in [0.5, 0.6) is 0 Å². The van der Waals surface area contributed by atoms with Crippen molar-refractivity contribution < 1.29 is 19.8 Å². The predicted molar refractivity (Wildman–Crippen MR) is 72.5 cm³/mol. The van der Waals surface area contributed by atoms with Crippen molar-refractivity contribution in [1.29, 1.82) is 0 Å². The van der Waals surface area contributed by atoms with Crippen LogP contribution in [0.4, 0.5) is 10.5 Å². The number of nitrogens with zero attached hydrogens (tertiary/aromatic N) is 2. The number of anilines is 1. The van der Waals surface area contributed by atoms with Gasteiger partial charge in [0.15, 0.2) is 0 Å². The summed E-state index contributed by atoms with van der Waals surface area (Å²) in [5, 5.41) is 20.9. The van der Waals surface area contributed by atoms with Gasteiger partial charge in [0.1, 0.15) is 6.04 Å². The Bertz CT molecular complexity index is 520. The number of amides is 1. The van der Waals surface area contributed by atoms with E-state index in [0.29, 0.717) is 6.54 Å². The van der Waals surface area contributed by atoms with Crippen LogP contribution >= 0.6 is 0 Å². The Hall–Kier alpha value is -2.28. The summed E-state index contributed by atoms with van der Waals surface area (Å²) in [6, 6.07) is 6.51. The van der Waals surface area contributed by atoms with Crippen LogP contribution in [-0.4, -0.2) is 46.4 Å². The molecule has 7 heteroatoms. The molecule has 1 aliphatic rings. The van der Waals surface area contributed by atoms with Gasteiger partial charge < -0.3 is 15.9 Å². The molecule has 1 aromatic carbocycles. The lowest BCUT2D eigenvalue weighted by Crippen LogP contribution is -2.47. The van der Waals surface area contributed by atoms with Gasteiger partial charge in [0.25, 0.3) is 0 Å². The maximum Gasteiger partial charge on any atom is 0.426 e. The predicted octanol–water partition coefficient (Wildman–Crippen LogP) is 0.746. The van der Waals surface area contributed by atoms with Gasteiger partial charge in [-0.2, -0.15) is 0 Å². The van der Waals surface area contributed by atoms with Crippen molar-refractivity contribution in [3.05, 3.63) is 29.8 Å². The van der Waals surface area contributed by atoms with E-state index in [4.69, 9.17) is 10.8 Å². The molecule has 20 heavy (non-hydrogen) atoms. The lowest BCUT2D eigenvalue weighted by atomic mass is 10.2. The van der Waals surface area contributed by atoms with Crippen LogP contribution in [0, 0.1) is 0 Å². The lowest BCUT2D eigenvalue weighted by Gasteiger charge is -2.31. The number of hydrogen-bond donors (Lipinski definition) is 3. The zero-order chi connectivity index (χ0) is 14.7. The first-order chi connectivity index (χ1) is 9.50. The van der Waals surface area contributed by atoms with E-state index >= 15 is 0 Å². The molecule has 2 rings (SSSR count). The number of carboxylic acid groups (broad SMARTS) is 2. The molecule has 108 valence electrons. The maximum absolute atomic E-state index is 11.4. The number of benzene rings is 1. The van der Waals surface area contributed by atoms with Gasteiger partial charge in [-0.3, -0.25) is 9.80 Å². The third-order valence-electron chi connectivity index (χ3n) is 3.34. The Kier molecular flexibility index (Phi) is 4.09. The lowest BCUT2D eigenvalue weighted by molar-refractivity contribution is -0.138. The molecule has 0 fully saturated rings. The molecular formula is C13H17N3O4. The molecular weight excluding hydrogens is 262 g/mol. The Balaban J connectivity index is 2.11. The van der Waals surface area contributed by atoms with Crippen LogP contribution < -0.4 is 10.7 Å². The molecule has 0 spiro atoms. The number of hydrogen-bond acceptors (Lipinski definition) is 4. The summed E-state index contributed by atoms with van der Waals surface area (Å²) in [6.07, 6.45) is -0.273. The topological polar surface area (TPSA) is 107 Å². The Labute approximate surface area is 116 Å². The average molecular weight is 279 g/mol. The molecule has 1 unspecified atom stereocenters. The SMILES string of the molecule is NC(CCN(C(=O)O)N1CCc2ccccc21)C(=O)O. The molecule has 4 N–H and O–H groups in total. The van der Waals surface area contributed by atoms with Crippen molar-refractivity contribution in [3.8, 4) is 0 Å². The quantitative estimate of drug-likeness (QED) is 0.734. The summed E-state index contributed by atoms with van der Waals surface area (Å²) in [6.45, 7) is 0.616. The summed E-state index contributed by atoms with van der Waals surface area (Å²) < 4.78 is 0. The fourth-order valence-corrected chi connectivity index (χ4v) is 2.28. The van der Waals surface area contributed by atoms with E-state index in [1.165, 1.54) is 0 Å². The number of carboxylic acids is 1. The van der Waals surface area contributed by atoms with E-state index in [1.807, 2.05) is 24.3 Å². The van der Waals surface area contributed by atoms with Gasteiger partial charge in [0.2, 0.25) is 0 Å². The molecule has 0 aromatic heterocycles. The monoisotopic (exact) mass is 279 g/mol. The van der Waals surface area contributed by atoms with E-state index in [-0.39, 0.29) is 13.0 Å². The third kappa shape index (κ3) is 2.83. The fraction of sp³-hybridized carbons (Fsp3) is 0.385. The number of carbonyl (C=O) groups is 2. The zero-order valence-corrected chi connectivity index (χ0v) is 10.9. The number of fused-ring (bicyclic) bond motifs is 1. The first kappa shape index (κ1) is 14.1. The highest BCUT2D eigenvalue weighted by Crippen LogP contribution is 2.28. The van der Waals surface area contributed by atoms with Gasteiger partial charge in [-0.15, -0.1) is 0 Å². The van der Waals surface area contributed by atoms with Crippen LogP contribution in [0.3, 0.4) is 0 Å². The van der Waals surface area contributed by atoms with Gasteiger partial charge in [-0.1, -0.05) is 18.2 Å². The number of aliphatic carboxylic acids is 1. The highest BCUT2D eigenvalue weighted by Gasteiger charge is 2.28. The minimum atomic E-state index is -1.13. The largest absolute Gasteiger partial charge is 0.480 e. The van der Waals surface area contributed by atoms with Crippen LogP contribution in [0.2, 0.25) is 0 Å². The summed E-state index contributed by atoms with van der Waals surface area (Å²) in [5.74, 6) is -1.13. The second-order valence-electron chi connectivity index (χ2n) is 4.64. The van der Waals surface area contributed by atoms with Crippen molar-refractivity contribution in [2.75, 3.05) is 18.1 Å². The van der Waals surface area contributed by atoms with Crippen molar-refractivity contribution >= 4 is 17.7 Å². The maximum atomic E-state index is 11.4. The first-order valence-electron chi connectivity index (χ1n) is 6.35. The minimum absolute atomic E-state index is 0.0527. The van der Waals surface area contributed by atoms with E-state index in [9.17, 15) is 14.7 Å². The molecule has 0 radical (unpaired) electrons. The molecule has 1 aromatic rings. The zero-order valence-electron chi connectivity index (χ0n) is 10.9. The second-order valence-corrected chi connectivity index (χ2v) is 4.64. The third-order valence-corrected chi connectivity index (χ3v) is 3.34. The summed E-state index contributed by atoms with van der Waals surface area (Å²) >= 11 is 0. The normalized spacial score (nSPS) is 14.8. The smallest absolute Gasteiger partial charge is 0.426 e. The average Bonchev–Trinajstić information content (AvgIpc) is 2.82. The minimum Gasteiger partial charge on any atom is -0.480 e. The molecule has 0 saturated heterocycles. The van der Waals surface area contributed by atoms with Gasteiger partial charge in [-0.25, -0.2) is 9.80 Å². The molecule has 1 aliphatic heterocycles. The summed E-state index contributed by atoms with van der Waals surface area (Å²) in [5.41, 5.74) is 7.35. The molecule has 0 saturated carbocycles. The van der Waals surface area contributed by atoms with Crippen LogP contribution in [0.25, 0.3) is 0 Å². The van der Waals surface area contributed by atoms with Crippen molar-refractivity contribution in [2.24, 2.45) is 5.73 Å². The van der Waals surface area contributed by atoms with Crippen LogP contribution in [-0.2, 0) is 11.2 Å². The summed E-state index contributed by atoms with van der Waals surface area (Å²) in [4.78, 5) is 22.1. The van der Waals surface area contributed by atoms with E-state index in [1.54, 1.807) is 5.01 Å². The Morgan fingerprint density at radius 1 is 1.35 bits per heavy atom. The second kappa shape index (κ2) is 5.79. The van der Waals surface area contributed by atoms with Crippen molar-refractivity contribution in [3.63, 3.8) is 0 Å². The fourth-order valence-electron chi connectivity index (χ4n) is 2.28. The van der Waals surface area contributed by atoms with E-state index < -0.39 is 18.1 Å². The highest BCUT2D eigenvalue weighted by molar-refractivity contribution is 5.73. The Morgan fingerprint density at radius 2 is 2.05 bits per heavy atom. The van der Waals surface area contributed by atoms with Crippen molar-refractivity contribution in [1.82, 2.24) is 5.01 Å². The highest BCUT2D eigenvalue weighted by atomic mass is 16.4. The van der Waals surface area contributed by atoms with Crippen LogP contribution in [0.15, 0.2) is 24.3 Å². The molecule has 1 heterocycles. The molecule has 1 atom stereocenters. The summed E-state index contributed by atoms with van der Waals surface area (Å²) in [7, 11) is 0. The molecule has 0 bridgehead atoms. The number of nitrogens with two attached hydrogens (primary N) is 1. The standard InChI is InChI=1S/C13H17N3O4/c14-10(12(17)18)6-8-16(13(19)20)15-7-5-9-3-1-2-4-11(9)15/h1-4,10H,5-8,14H2,(H,17,18)(H,19,20). The number of hydrazine groups is 1. The molecule has 1 amide bonds. The van der Waals surface area contributed by atoms with Gasteiger partial charge >= 0.3 is 12.1 Å². The molecule has 7 nitrogen and oxygen atoms in total. The van der Waals surface area contributed by atoms with Gasteiger partial charge in [0.05, 0.1) is 5.69 Å². The van der Waals surface area contributed by atoms with Crippen molar-refractivity contribution in [2.45, 2.75) is 18.9 Å². The molecule has 0 aliphatic carbocycles. The van der Waals surface area contributed by atoms with E-state index in [0.717, 1.165) is 22.7 Å². The number of rotatable bonds is 5. The van der Waals surface area contributed by atoms with Gasteiger partial charge in [0, 0.05) is 13.1 Å². The van der Waals surface area contributed by atoms with Crippen LogP contribution in [0.1, 0.15) is 12.0 Å². The van der Waals surface area contributed by atoms with E-state index in [2.05, 4.69) is 0 Å².